The number of aliphatic hydroxyl groups is 1. The number of hydrogen-bond acceptors (Lipinski definition) is 7. The van der Waals surface area contributed by atoms with Gasteiger partial charge in [-0.15, -0.1) is 0 Å². The molecule has 1 fully saturated rings. The summed E-state index contributed by atoms with van der Waals surface area (Å²) in [5.74, 6) is -0.854. The van der Waals surface area contributed by atoms with Gasteiger partial charge in [-0.25, -0.2) is 4.79 Å². The standard InChI is InChI=1S/C18H35NO8S.Na/c1-2-3-4-5-6-7-8-9-10-17-25-12-16(27-17)13-26-18(21)19-11-15(20)14-28(22,23)24;/h15-17,20H,2-14H2,1H3,(H,19,21)(H,22,23,24);. The predicted molar refractivity (Wildman–Crippen MR) is 109 cm³/mol. The summed E-state index contributed by atoms with van der Waals surface area (Å²) in [7, 11) is -4.30. The minimum atomic E-state index is -4.30. The number of alkyl carbamates (subject to hydrolysis) is 1. The molecular weight excluding hydrogens is 413 g/mol. The van der Waals surface area contributed by atoms with Crippen molar-refractivity contribution >= 4 is 45.8 Å². The first kappa shape index (κ1) is 29.1. The van der Waals surface area contributed by atoms with Crippen molar-refractivity contribution in [3.8, 4) is 0 Å². The number of hydrogen-bond donors (Lipinski definition) is 3. The first-order chi connectivity index (χ1) is 13.3. The van der Waals surface area contributed by atoms with Gasteiger partial charge in [-0.05, 0) is 12.8 Å². The van der Waals surface area contributed by atoms with E-state index in [4.69, 9.17) is 18.8 Å². The van der Waals surface area contributed by atoms with Gasteiger partial charge in [0.25, 0.3) is 10.1 Å². The Morgan fingerprint density at radius 3 is 2.41 bits per heavy atom. The maximum atomic E-state index is 11.5. The van der Waals surface area contributed by atoms with Crippen LogP contribution in [0.5, 0.6) is 0 Å². The van der Waals surface area contributed by atoms with E-state index in [1.807, 2.05) is 0 Å². The van der Waals surface area contributed by atoms with Crippen LogP contribution in [0.25, 0.3) is 0 Å². The van der Waals surface area contributed by atoms with Gasteiger partial charge in [0.05, 0.1) is 12.7 Å². The average Bonchev–Trinajstić information content (AvgIpc) is 3.07. The molecule has 1 aliphatic heterocycles. The molecule has 1 rings (SSSR count). The summed E-state index contributed by atoms with van der Waals surface area (Å²) in [4.78, 5) is 11.5. The van der Waals surface area contributed by atoms with Gasteiger partial charge >= 0.3 is 6.09 Å². The summed E-state index contributed by atoms with van der Waals surface area (Å²) >= 11 is 0. The van der Waals surface area contributed by atoms with Gasteiger partial charge < -0.3 is 24.6 Å². The van der Waals surface area contributed by atoms with E-state index in [0.717, 1.165) is 19.3 Å². The summed E-state index contributed by atoms with van der Waals surface area (Å²) in [6.07, 6.45) is 7.90. The van der Waals surface area contributed by atoms with Crippen molar-refractivity contribution in [1.29, 1.82) is 0 Å². The van der Waals surface area contributed by atoms with E-state index in [0.29, 0.717) is 6.61 Å². The topological polar surface area (TPSA) is 131 Å². The minimum Gasteiger partial charge on any atom is -0.447 e. The third kappa shape index (κ3) is 16.4. The molecule has 9 nitrogen and oxygen atoms in total. The van der Waals surface area contributed by atoms with E-state index >= 15 is 0 Å². The molecule has 167 valence electrons. The first-order valence-corrected chi connectivity index (χ1v) is 11.7. The molecule has 0 aromatic carbocycles. The van der Waals surface area contributed by atoms with Crippen LogP contribution < -0.4 is 5.32 Å². The molecule has 11 heteroatoms. The number of carbonyl (C=O) groups is 1. The molecule has 0 bridgehead atoms. The van der Waals surface area contributed by atoms with Crippen LogP contribution in [-0.2, 0) is 24.3 Å². The van der Waals surface area contributed by atoms with Gasteiger partial charge in [-0.1, -0.05) is 51.9 Å². The summed E-state index contributed by atoms with van der Waals surface area (Å²) in [6.45, 7) is 2.22. The summed E-state index contributed by atoms with van der Waals surface area (Å²) in [5, 5.41) is 11.6. The average molecular weight is 449 g/mol. The van der Waals surface area contributed by atoms with Crippen molar-refractivity contribution in [2.45, 2.75) is 83.2 Å². The molecule has 0 aromatic rings. The predicted octanol–water partition coefficient (Wildman–Crippen LogP) is 1.85. The van der Waals surface area contributed by atoms with E-state index < -0.39 is 28.1 Å². The zero-order valence-electron chi connectivity index (χ0n) is 17.7. The molecule has 3 atom stereocenters. The van der Waals surface area contributed by atoms with E-state index in [1.54, 1.807) is 0 Å². The van der Waals surface area contributed by atoms with Gasteiger partial charge in [-0.3, -0.25) is 4.55 Å². The van der Waals surface area contributed by atoms with Crippen molar-refractivity contribution in [1.82, 2.24) is 5.32 Å². The minimum absolute atomic E-state index is 0. The Labute approximate surface area is 196 Å². The number of ether oxygens (including phenoxy) is 3. The second kappa shape index (κ2) is 16.7. The smallest absolute Gasteiger partial charge is 0.407 e. The van der Waals surface area contributed by atoms with Crippen LogP contribution in [0, 0.1) is 0 Å². The molecule has 0 aliphatic carbocycles. The number of amides is 1. The van der Waals surface area contributed by atoms with E-state index in [1.165, 1.54) is 38.5 Å². The maximum Gasteiger partial charge on any atom is 0.407 e. The van der Waals surface area contributed by atoms with Gasteiger partial charge in [0.2, 0.25) is 0 Å². The summed E-state index contributed by atoms with van der Waals surface area (Å²) in [6, 6.07) is 0. The number of nitrogens with one attached hydrogen (secondary N) is 1. The number of unbranched alkanes of at least 4 members (excludes halogenated alkanes) is 7. The van der Waals surface area contributed by atoms with Crippen molar-refractivity contribution in [2.24, 2.45) is 0 Å². The molecule has 29 heavy (non-hydrogen) atoms. The van der Waals surface area contributed by atoms with Crippen LogP contribution in [0.15, 0.2) is 0 Å². The van der Waals surface area contributed by atoms with Crippen molar-refractivity contribution in [3.05, 3.63) is 0 Å². The zero-order valence-corrected chi connectivity index (χ0v) is 20.5. The van der Waals surface area contributed by atoms with E-state index in [2.05, 4.69) is 12.2 Å². The van der Waals surface area contributed by atoms with Crippen LogP contribution in [-0.4, -0.2) is 97.7 Å². The Balaban J connectivity index is 0.00000784. The van der Waals surface area contributed by atoms with Crippen LogP contribution in [0.1, 0.15) is 64.7 Å². The second-order valence-electron chi connectivity index (χ2n) is 7.17. The van der Waals surface area contributed by atoms with Crippen LogP contribution in [0.4, 0.5) is 4.79 Å². The molecule has 1 heterocycles. The fraction of sp³-hybridized carbons (Fsp3) is 0.944. The van der Waals surface area contributed by atoms with Crippen molar-refractivity contribution in [3.63, 3.8) is 0 Å². The van der Waals surface area contributed by atoms with Crippen LogP contribution in [0.2, 0.25) is 0 Å². The monoisotopic (exact) mass is 448 g/mol. The molecule has 3 N–H and O–H groups in total. The molecule has 1 radical (unpaired) electrons. The quantitative estimate of drug-likeness (QED) is 0.196. The summed E-state index contributed by atoms with van der Waals surface area (Å²) < 4.78 is 46.0. The van der Waals surface area contributed by atoms with Gasteiger partial charge in [0.15, 0.2) is 6.29 Å². The van der Waals surface area contributed by atoms with Crippen LogP contribution >= 0.6 is 0 Å². The SMILES string of the molecule is CCCCCCCCCCC1OCC(COC(=O)NCC(O)CS(=O)(=O)O)O1.[Na]. The van der Waals surface area contributed by atoms with Crippen molar-refractivity contribution < 1.29 is 37.1 Å². The third-order valence-electron chi connectivity index (χ3n) is 4.39. The Bertz CT molecular complexity index is 534. The van der Waals surface area contributed by atoms with Gasteiger partial charge in [0, 0.05) is 36.1 Å². The Morgan fingerprint density at radius 2 is 1.79 bits per heavy atom. The Morgan fingerprint density at radius 1 is 1.17 bits per heavy atom. The Kier molecular flexibility index (Phi) is 16.8. The first-order valence-electron chi connectivity index (χ1n) is 10.1. The molecule has 0 spiro atoms. The normalized spacial score (nSPS) is 20.1. The fourth-order valence-corrected chi connectivity index (χ4v) is 3.52. The van der Waals surface area contributed by atoms with E-state index in [-0.39, 0.29) is 55.1 Å². The summed E-state index contributed by atoms with van der Waals surface area (Å²) in [5.41, 5.74) is 0. The Hall–Kier alpha value is 0.0600. The third-order valence-corrected chi connectivity index (χ3v) is 5.20. The molecule has 1 amide bonds. The zero-order chi connectivity index (χ0) is 20.8. The second-order valence-corrected chi connectivity index (χ2v) is 8.66. The molecule has 1 aliphatic rings. The number of rotatable bonds is 15. The fourth-order valence-electron chi connectivity index (χ4n) is 2.91. The van der Waals surface area contributed by atoms with Crippen LogP contribution in [0.3, 0.4) is 0 Å². The van der Waals surface area contributed by atoms with Gasteiger partial charge in [-0.2, -0.15) is 8.42 Å². The molecule has 0 saturated carbocycles. The molecule has 1 saturated heterocycles. The molecule has 3 unspecified atom stereocenters. The maximum absolute atomic E-state index is 11.5. The molecular formula is C18H35NNaO8S. The van der Waals surface area contributed by atoms with E-state index in [9.17, 15) is 18.3 Å². The number of carbonyl (C=O) groups excluding carboxylic acids is 1. The van der Waals surface area contributed by atoms with Gasteiger partial charge in [0.1, 0.15) is 18.5 Å². The molecule has 0 aromatic heterocycles. The largest absolute Gasteiger partial charge is 0.447 e. The van der Waals surface area contributed by atoms with Crippen molar-refractivity contribution in [2.75, 3.05) is 25.5 Å². The number of aliphatic hydroxyl groups excluding tert-OH is 1.